The van der Waals surface area contributed by atoms with E-state index in [9.17, 15) is 0 Å². The zero-order valence-electron chi connectivity index (χ0n) is 9.78. The number of pyridine rings is 1. The van der Waals surface area contributed by atoms with Crippen molar-refractivity contribution >= 4 is 27.5 Å². The molecule has 3 heteroatoms. The molecule has 4 atom stereocenters. The number of fused-ring (bicyclic) bond motifs is 2. The molecule has 1 nitrogen and oxygen atoms in total. The Morgan fingerprint density at radius 2 is 2.29 bits per heavy atom. The first-order chi connectivity index (χ1) is 8.24. The third-order valence-electron chi connectivity index (χ3n) is 4.53. The minimum absolute atomic E-state index is 0.581. The summed E-state index contributed by atoms with van der Waals surface area (Å²) in [5.74, 6) is 2.83. The monoisotopic (exact) mass is 313 g/mol. The molecule has 1 aromatic rings. The molecule has 0 N–H and O–H groups in total. The summed E-state index contributed by atoms with van der Waals surface area (Å²) < 4.78 is 0. The summed E-state index contributed by atoms with van der Waals surface area (Å²) in [7, 11) is 0. The lowest BCUT2D eigenvalue weighted by Crippen LogP contribution is -2.22. The molecule has 4 unspecified atom stereocenters. The SMILES string of the molecule is Clc1cnccc1CC(Br)C1CC2CCC1C2. The molecular formula is C14H17BrClN. The van der Waals surface area contributed by atoms with E-state index >= 15 is 0 Å². The van der Waals surface area contributed by atoms with E-state index in [2.05, 4.69) is 20.9 Å². The predicted molar refractivity (Wildman–Crippen MR) is 74.6 cm³/mol. The summed E-state index contributed by atoms with van der Waals surface area (Å²) in [6.07, 6.45) is 10.4. The highest BCUT2D eigenvalue weighted by Gasteiger charge is 2.42. The van der Waals surface area contributed by atoms with Crippen molar-refractivity contribution in [3.8, 4) is 0 Å². The second-order valence-corrected chi connectivity index (χ2v) is 7.11. The Morgan fingerprint density at radius 3 is 2.94 bits per heavy atom. The van der Waals surface area contributed by atoms with Gasteiger partial charge in [-0.2, -0.15) is 0 Å². The van der Waals surface area contributed by atoms with Crippen LogP contribution in [0.25, 0.3) is 0 Å². The predicted octanol–water partition coefficient (Wildman–Crippen LogP) is 4.48. The molecule has 3 rings (SSSR count). The largest absolute Gasteiger partial charge is 0.263 e. The van der Waals surface area contributed by atoms with Gasteiger partial charge >= 0.3 is 0 Å². The van der Waals surface area contributed by atoms with Crippen LogP contribution in [0, 0.1) is 17.8 Å². The van der Waals surface area contributed by atoms with Crippen LogP contribution in [0.5, 0.6) is 0 Å². The molecular weight excluding hydrogens is 298 g/mol. The summed E-state index contributed by atoms with van der Waals surface area (Å²) in [4.78, 5) is 4.62. The molecule has 0 amide bonds. The Morgan fingerprint density at radius 1 is 1.41 bits per heavy atom. The van der Waals surface area contributed by atoms with Crippen LogP contribution in [-0.4, -0.2) is 9.81 Å². The quantitative estimate of drug-likeness (QED) is 0.750. The Hall–Kier alpha value is -0.0800. The molecule has 2 aliphatic carbocycles. The lowest BCUT2D eigenvalue weighted by Gasteiger charge is -2.26. The van der Waals surface area contributed by atoms with Crippen LogP contribution in [-0.2, 0) is 6.42 Å². The molecule has 0 aromatic carbocycles. The van der Waals surface area contributed by atoms with Gasteiger partial charge in [-0.1, -0.05) is 34.0 Å². The number of halogens is 2. The highest BCUT2D eigenvalue weighted by Crippen LogP contribution is 2.51. The van der Waals surface area contributed by atoms with Crippen molar-refractivity contribution in [1.82, 2.24) is 4.98 Å². The zero-order valence-corrected chi connectivity index (χ0v) is 12.1. The topological polar surface area (TPSA) is 12.9 Å². The van der Waals surface area contributed by atoms with E-state index < -0.39 is 0 Å². The summed E-state index contributed by atoms with van der Waals surface area (Å²) in [6, 6.07) is 2.05. The zero-order chi connectivity index (χ0) is 11.8. The summed E-state index contributed by atoms with van der Waals surface area (Å²) >= 11 is 10.1. The molecule has 0 spiro atoms. The molecule has 0 saturated heterocycles. The average Bonchev–Trinajstić information content (AvgIpc) is 2.94. The normalized spacial score (nSPS) is 32.9. The van der Waals surface area contributed by atoms with Gasteiger partial charge in [0.1, 0.15) is 0 Å². The van der Waals surface area contributed by atoms with E-state index in [0.717, 1.165) is 29.2 Å². The second kappa shape index (κ2) is 4.89. The van der Waals surface area contributed by atoms with Crippen LogP contribution in [0.4, 0.5) is 0 Å². The molecule has 2 fully saturated rings. The van der Waals surface area contributed by atoms with Crippen LogP contribution < -0.4 is 0 Å². The smallest absolute Gasteiger partial charge is 0.0621 e. The third-order valence-corrected chi connectivity index (χ3v) is 5.87. The molecule has 1 aromatic heterocycles. The van der Waals surface area contributed by atoms with Gasteiger partial charge in [0.15, 0.2) is 0 Å². The number of nitrogens with zero attached hydrogens (tertiary/aromatic N) is 1. The Balaban J connectivity index is 1.68. The molecule has 17 heavy (non-hydrogen) atoms. The summed E-state index contributed by atoms with van der Waals surface area (Å²) in [5.41, 5.74) is 1.23. The molecule has 2 aliphatic rings. The number of hydrogen-bond donors (Lipinski definition) is 0. The molecule has 0 radical (unpaired) electrons. The Labute approximate surface area is 116 Å². The highest BCUT2D eigenvalue weighted by molar-refractivity contribution is 9.09. The van der Waals surface area contributed by atoms with Crippen molar-refractivity contribution < 1.29 is 0 Å². The Bertz CT molecular complexity index is 409. The maximum atomic E-state index is 6.17. The van der Waals surface area contributed by atoms with Crippen LogP contribution >= 0.6 is 27.5 Å². The first kappa shape index (κ1) is 12.0. The van der Waals surface area contributed by atoms with Crippen molar-refractivity contribution in [2.24, 2.45) is 17.8 Å². The lowest BCUT2D eigenvalue weighted by atomic mass is 9.84. The van der Waals surface area contributed by atoms with Gasteiger partial charge in [-0.15, -0.1) is 0 Å². The molecule has 2 saturated carbocycles. The van der Waals surface area contributed by atoms with Gasteiger partial charge < -0.3 is 0 Å². The molecule has 1 heterocycles. The van der Waals surface area contributed by atoms with Crippen LogP contribution in [0.15, 0.2) is 18.5 Å². The third kappa shape index (κ3) is 2.39. The summed E-state index contributed by atoms with van der Waals surface area (Å²) in [6.45, 7) is 0. The van der Waals surface area contributed by atoms with Gasteiger partial charge in [-0.05, 0) is 55.1 Å². The number of aromatic nitrogens is 1. The lowest BCUT2D eigenvalue weighted by molar-refractivity contribution is 0.326. The van der Waals surface area contributed by atoms with Crippen molar-refractivity contribution in [3.05, 3.63) is 29.0 Å². The molecule has 2 bridgehead atoms. The highest BCUT2D eigenvalue weighted by atomic mass is 79.9. The maximum Gasteiger partial charge on any atom is 0.0621 e. The van der Waals surface area contributed by atoms with Gasteiger partial charge in [0.05, 0.1) is 5.02 Å². The standard InChI is InChI=1S/C14H17BrClN/c15-13(7-11-3-4-17-8-14(11)16)12-6-9-1-2-10(12)5-9/h3-4,8-10,12-13H,1-2,5-7H2. The Kier molecular flexibility index (Phi) is 3.45. The van der Waals surface area contributed by atoms with Gasteiger partial charge in [-0.3, -0.25) is 4.98 Å². The fraction of sp³-hybridized carbons (Fsp3) is 0.643. The van der Waals surface area contributed by atoms with Crippen molar-refractivity contribution in [3.63, 3.8) is 0 Å². The van der Waals surface area contributed by atoms with Gasteiger partial charge in [0.25, 0.3) is 0 Å². The van der Waals surface area contributed by atoms with E-state index in [1.54, 1.807) is 6.20 Å². The van der Waals surface area contributed by atoms with Gasteiger partial charge in [0.2, 0.25) is 0 Å². The number of hydrogen-bond acceptors (Lipinski definition) is 1. The first-order valence-electron chi connectivity index (χ1n) is 6.46. The van der Waals surface area contributed by atoms with E-state index in [-0.39, 0.29) is 0 Å². The van der Waals surface area contributed by atoms with Crippen LogP contribution in [0.3, 0.4) is 0 Å². The average molecular weight is 315 g/mol. The minimum Gasteiger partial charge on any atom is -0.263 e. The first-order valence-corrected chi connectivity index (χ1v) is 7.76. The second-order valence-electron chi connectivity index (χ2n) is 5.53. The van der Waals surface area contributed by atoms with E-state index in [0.29, 0.717) is 4.83 Å². The van der Waals surface area contributed by atoms with Crippen LogP contribution in [0.1, 0.15) is 31.2 Å². The molecule has 92 valence electrons. The fourth-order valence-electron chi connectivity index (χ4n) is 3.67. The van der Waals surface area contributed by atoms with Crippen molar-refractivity contribution in [2.45, 2.75) is 36.9 Å². The molecule has 0 aliphatic heterocycles. The van der Waals surface area contributed by atoms with E-state index in [1.165, 1.54) is 31.2 Å². The van der Waals surface area contributed by atoms with Crippen molar-refractivity contribution in [2.75, 3.05) is 0 Å². The number of rotatable bonds is 3. The van der Waals surface area contributed by atoms with Crippen molar-refractivity contribution in [1.29, 1.82) is 0 Å². The van der Waals surface area contributed by atoms with Gasteiger partial charge in [-0.25, -0.2) is 0 Å². The van der Waals surface area contributed by atoms with Gasteiger partial charge in [0, 0.05) is 17.2 Å². The fourth-order valence-corrected chi connectivity index (χ4v) is 4.86. The van der Waals surface area contributed by atoms with E-state index in [4.69, 9.17) is 11.6 Å². The number of alkyl halides is 1. The maximum absolute atomic E-state index is 6.17. The summed E-state index contributed by atoms with van der Waals surface area (Å²) in [5, 5.41) is 0.806. The minimum atomic E-state index is 0.581. The van der Waals surface area contributed by atoms with Crippen LogP contribution in [0.2, 0.25) is 5.02 Å². The van der Waals surface area contributed by atoms with E-state index in [1.807, 2.05) is 12.3 Å².